The van der Waals surface area contributed by atoms with Crippen molar-refractivity contribution in [1.82, 2.24) is 19.7 Å². The molecule has 10 heteroatoms. The average molecular weight is 403 g/mol. The molecule has 0 unspecified atom stereocenters. The van der Waals surface area contributed by atoms with Gasteiger partial charge in [0, 0.05) is 11.4 Å². The van der Waals surface area contributed by atoms with Crippen molar-refractivity contribution in [3.63, 3.8) is 0 Å². The third-order valence-corrected chi connectivity index (χ3v) is 7.07. The van der Waals surface area contributed by atoms with Gasteiger partial charge in [-0.1, -0.05) is 6.92 Å². The van der Waals surface area contributed by atoms with Crippen LogP contribution in [-0.4, -0.2) is 52.2 Å². The summed E-state index contributed by atoms with van der Waals surface area (Å²) >= 11 is 6.88. The molecule has 2 aromatic heterocycles. The van der Waals surface area contributed by atoms with Crippen LogP contribution in [0.4, 0.5) is 0 Å². The molecule has 1 aliphatic heterocycles. The summed E-state index contributed by atoms with van der Waals surface area (Å²) in [5.41, 5.74) is 0.915. The third-order valence-electron chi connectivity index (χ3n) is 4.20. The molecule has 138 valence electrons. The van der Waals surface area contributed by atoms with Gasteiger partial charge in [0.25, 0.3) is 4.84 Å². The van der Waals surface area contributed by atoms with Crippen LogP contribution in [0.25, 0.3) is 0 Å². The topological polar surface area (TPSA) is 81.2 Å². The van der Waals surface area contributed by atoms with E-state index in [2.05, 4.69) is 21.9 Å². The van der Waals surface area contributed by atoms with Crippen molar-refractivity contribution in [2.45, 2.75) is 45.8 Å². The van der Waals surface area contributed by atoms with Crippen molar-refractivity contribution in [3.05, 3.63) is 26.8 Å². The molecule has 0 aromatic carbocycles. The summed E-state index contributed by atoms with van der Waals surface area (Å²) in [4.78, 5) is 6.86. The Balaban J connectivity index is 1.73. The van der Waals surface area contributed by atoms with Crippen molar-refractivity contribution in [1.29, 1.82) is 0 Å². The lowest BCUT2D eigenvalue weighted by Crippen LogP contribution is -2.38. The summed E-state index contributed by atoms with van der Waals surface area (Å²) in [6.45, 7) is 5.29. The molecule has 0 radical (unpaired) electrons. The maximum atomic E-state index is 11.8. The lowest BCUT2D eigenvalue weighted by Gasteiger charge is -2.26. The smallest absolute Gasteiger partial charge is 0.288 e. The van der Waals surface area contributed by atoms with Gasteiger partial charge in [-0.25, -0.2) is 18.1 Å². The molecule has 25 heavy (non-hydrogen) atoms. The van der Waals surface area contributed by atoms with Gasteiger partial charge in [0.05, 0.1) is 35.3 Å². The quantitative estimate of drug-likeness (QED) is 0.658. The molecule has 0 bridgehead atoms. The Labute approximate surface area is 156 Å². The lowest BCUT2D eigenvalue weighted by atomic mass is 10.2. The van der Waals surface area contributed by atoms with Gasteiger partial charge in [0.15, 0.2) is 9.84 Å². The normalized spacial score (nSPS) is 19.7. The van der Waals surface area contributed by atoms with Crippen molar-refractivity contribution in [2.24, 2.45) is 0 Å². The second-order valence-electron chi connectivity index (χ2n) is 6.31. The molecule has 0 saturated carbocycles. The van der Waals surface area contributed by atoms with E-state index in [1.807, 2.05) is 12.3 Å². The molecular formula is C15H22N4O3S3. The van der Waals surface area contributed by atoms with E-state index in [-0.39, 0.29) is 17.5 Å². The van der Waals surface area contributed by atoms with Gasteiger partial charge in [0.2, 0.25) is 5.89 Å². The number of sulfone groups is 1. The Morgan fingerprint density at radius 2 is 2.32 bits per heavy atom. The number of rotatable bonds is 7. The van der Waals surface area contributed by atoms with Gasteiger partial charge in [-0.05, 0) is 38.5 Å². The Bertz CT molecular complexity index is 884. The SMILES string of the molecule is CCCN(Cn1nc(Cc2csc(C)n2)oc1=S)[C@@H]1CCS(=O)(=O)C1. The van der Waals surface area contributed by atoms with E-state index >= 15 is 0 Å². The maximum Gasteiger partial charge on any atom is 0.288 e. The lowest BCUT2D eigenvalue weighted by molar-refractivity contribution is 0.153. The Kier molecular flexibility index (Phi) is 5.71. The van der Waals surface area contributed by atoms with E-state index in [1.165, 1.54) is 0 Å². The molecule has 3 heterocycles. The molecule has 1 aliphatic rings. The molecular weight excluding hydrogens is 380 g/mol. The van der Waals surface area contributed by atoms with Crippen LogP contribution in [0.2, 0.25) is 0 Å². The highest BCUT2D eigenvalue weighted by atomic mass is 32.2. The van der Waals surface area contributed by atoms with E-state index in [9.17, 15) is 8.42 Å². The summed E-state index contributed by atoms with van der Waals surface area (Å²) in [7, 11) is -2.92. The second-order valence-corrected chi connectivity index (χ2v) is 9.95. The predicted octanol–water partition coefficient (Wildman–Crippen LogP) is 2.42. The first-order chi connectivity index (χ1) is 11.9. The summed E-state index contributed by atoms with van der Waals surface area (Å²) in [5, 5.41) is 7.45. The van der Waals surface area contributed by atoms with Crippen molar-refractivity contribution >= 4 is 33.4 Å². The first-order valence-corrected chi connectivity index (χ1v) is 11.4. The van der Waals surface area contributed by atoms with E-state index in [1.54, 1.807) is 16.0 Å². The highest BCUT2D eigenvalue weighted by Crippen LogP contribution is 2.19. The summed E-state index contributed by atoms with van der Waals surface area (Å²) in [5.74, 6) is 1.01. The molecule has 7 nitrogen and oxygen atoms in total. The van der Waals surface area contributed by atoms with E-state index in [4.69, 9.17) is 16.6 Å². The van der Waals surface area contributed by atoms with E-state index < -0.39 is 9.84 Å². The summed E-state index contributed by atoms with van der Waals surface area (Å²) < 4.78 is 30.8. The number of hydrogen-bond acceptors (Lipinski definition) is 8. The first-order valence-electron chi connectivity index (χ1n) is 8.28. The van der Waals surface area contributed by atoms with Crippen molar-refractivity contribution in [2.75, 3.05) is 18.1 Å². The number of nitrogens with zero attached hydrogens (tertiary/aromatic N) is 4. The van der Waals surface area contributed by atoms with Crippen LogP contribution in [-0.2, 0) is 22.9 Å². The van der Waals surface area contributed by atoms with Crippen LogP contribution < -0.4 is 0 Å². The van der Waals surface area contributed by atoms with Crippen LogP contribution in [0.3, 0.4) is 0 Å². The van der Waals surface area contributed by atoms with Gasteiger partial charge >= 0.3 is 0 Å². The van der Waals surface area contributed by atoms with Gasteiger partial charge in [0.1, 0.15) is 0 Å². The molecule has 1 atom stereocenters. The Morgan fingerprint density at radius 1 is 1.52 bits per heavy atom. The van der Waals surface area contributed by atoms with E-state index in [0.29, 0.717) is 30.2 Å². The number of aromatic nitrogens is 3. The monoisotopic (exact) mass is 402 g/mol. The molecule has 0 aliphatic carbocycles. The first kappa shape index (κ1) is 18.7. The Hall–Kier alpha value is -1.10. The number of thiazole rings is 1. The highest BCUT2D eigenvalue weighted by Gasteiger charge is 2.32. The fourth-order valence-corrected chi connectivity index (χ4v) is 5.61. The molecule has 2 aromatic rings. The van der Waals surface area contributed by atoms with Gasteiger partial charge in [-0.15, -0.1) is 16.4 Å². The fourth-order valence-electron chi connectivity index (χ4n) is 3.05. The fraction of sp³-hybridized carbons (Fsp3) is 0.667. The second kappa shape index (κ2) is 7.65. The zero-order chi connectivity index (χ0) is 18.0. The highest BCUT2D eigenvalue weighted by molar-refractivity contribution is 7.91. The number of aryl methyl sites for hydroxylation is 1. The Morgan fingerprint density at radius 3 is 2.92 bits per heavy atom. The maximum absolute atomic E-state index is 11.8. The predicted molar refractivity (Wildman–Crippen MR) is 99.0 cm³/mol. The minimum absolute atomic E-state index is 0.0215. The van der Waals surface area contributed by atoms with Crippen LogP contribution in [0.15, 0.2) is 9.80 Å². The standard InChI is InChI=1S/C15H22N4O3S3/c1-3-5-18(13-4-6-25(20,21)9-13)10-19-15(23)22-14(17-19)7-12-8-24-11(2)16-12/h8,13H,3-7,9-10H2,1-2H3/t13-/m1/s1. The molecule has 3 rings (SSSR count). The molecule has 1 saturated heterocycles. The summed E-state index contributed by atoms with van der Waals surface area (Å²) in [6.07, 6.45) is 2.11. The minimum Gasteiger partial charge on any atom is -0.414 e. The van der Waals surface area contributed by atoms with Crippen LogP contribution in [0, 0.1) is 11.8 Å². The van der Waals surface area contributed by atoms with Crippen LogP contribution >= 0.6 is 23.6 Å². The van der Waals surface area contributed by atoms with E-state index in [0.717, 1.165) is 23.7 Å². The summed E-state index contributed by atoms with van der Waals surface area (Å²) in [6, 6.07) is 0.0215. The average Bonchev–Trinajstić information content (AvgIpc) is 3.19. The van der Waals surface area contributed by atoms with Crippen LogP contribution in [0.5, 0.6) is 0 Å². The third kappa shape index (κ3) is 4.75. The van der Waals surface area contributed by atoms with Gasteiger partial charge in [-0.2, -0.15) is 0 Å². The minimum atomic E-state index is -2.92. The zero-order valence-corrected chi connectivity index (χ0v) is 16.8. The van der Waals surface area contributed by atoms with Crippen LogP contribution in [0.1, 0.15) is 36.4 Å². The zero-order valence-electron chi connectivity index (χ0n) is 14.3. The van der Waals surface area contributed by atoms with Gasteiger partial charge < -0.3 is 4.42 Å². The molecule has 0 N–H and O–H groups in total. The molecule has 0 spiro atoms. The molecule has 1 fully saturated rings. The van der Waals surface area contributed by atoms with Crippen molar-refractivity contribution in [3.8, 4) is 0 Å². The molecule has 0 amide bonds. The number of hydrogen-bond donors (Lipinski definition) is 0. The largest absolute Gasteiger partial charge is 0.414 e. The van der Waals surface area contributed by atoms with Gasteiger partial charge in [-0.3, -0.25) is 4.90 Å². The van der Waals surface area contributed by atoms with Crippen molar-refractivity contribution < 1.29 is 12.8 Å².